The van der Waals surface area contributed by atoms with Gasteiger partial charge in [0.15, 0.2) is 6.04 Å². The molecule has 0 bridgehead atoms. The van der Waals surface area contributed by atoms with Gasteiger partial charge in [-0.15, -0.1) is 0 Å². The van der Waals surface area contributed by atoms with E-state index in [1.165, 1.54) is 18.2 Å². The maximum Gasteiger partial charge on any atom is 0.330 e. The second-order valence-corrected chi connectivity index (χ2v) is 5.98. The number of carbonyl (C=O) groups is 2. The fraction of sp³-hybridized carbons (Fsp3) is 0.263. The molecule has 5 heteroatoms. The van der Waals surface area contributed by atoms with Crippen molar-refractivity contribution in [3.63, 3.8) is 0 Å². The summed E-state index contributed by atoms with van der Waals surface area (Å²) in [6, 6.07) is 9.98. The molecule has 2 aromatic carbocycles. The average Bonchev–Trinajstić information content (AvgIpc) is 2.50. The Kier molecular flexibility index (Phi) is 5.34. The molecule has 24 heavy (non-hydrogen) atoms. The lowest BCUT2D eigenvalue weighted by atomic mass is 9.97. The van der Waals surface area contributed by atoms with E-state index in [0.29, 0.717) is 11.1 Å². The van der Waals surface area contributed by atoms with Crippen molar-refractivity contribution in [2.24, 2.45) is 0 Å². The van der Waals surface area contributed by atoms with E-state index in [1.807, 2.05) is 19.9 Å². The van der Waals surface area contributed by atoms with Gasteiger partial charge in [0.25, 0.3) is 0 Å². The van der Waals surface area contributed by atoms with Gasteiger partial charge in [-0.1, -0.05) is 41.5 Å². The van der Waals surface area contributed by atoms with E-state index >= 15 is 0 Å². The van der Waals surface area contributed by atoms with Crippen LogP contribution in [0.15, 0.2) is 42.5 Å². The van der Waals surface area contributed by atoms with Crippen molar-refractivity contribution in [2.75, 3.05) is 0 Å². The number of hydrogen-bond acceptors (Lipinski definition) is 2. The van der Waals surface area contributed by atoms with E-state index in [0.717, 1.165) is 11.1 Å². The Labute approximate surface area is 140 Å². The van der Waals surface area contributed by atoms with Crippen molar-refractivity contribution < 1.29 is 19.1 Å². The highest BCUT2D eigenvalue weighted by Gasteiger charge is 2.25. The van der Waals surface area contributed by atoms with Gasteiger partial charge in [-0.25, -0.2) is 9.18 Å². The van der Waals surface area contributed by atoms with Crippen LogP contribution in [0.1, 0.15) is 41.1 Å². The van der Waals surface area contributed by atoms with Crippen LogP contribution >= 0.6 is 0 Å². The van der Waals surface area contributed by atoms with Crippen LogP contribution in [-0.2, 0) is 9.59 Å². The average molecular weight is 329 g/mol. The zero-order valence-corrected chi connectivity index (χ0v) is 13.8. The predicted octanol–water partition coefficient (Wildman–Crippen LogP) is 3.49. The first-order valence-electron chi connectivity index (χ1n) is 7.64. The van der Waals surface area contributed by atoms with E-state index in [9.17, 15) is 19.1 Å². The van der Waals surface area contributed by atoms with E-state index in [4.69, 9.17) is 0 Å². The van der Waals surface area contributed by atoms with Crippen LogP contribution in [0.3, 0.4) is 0 Å². The van der Waals surface area contributed by atoms with E-state index in [1.54, 1.807) is 25.1 Å². The van der Waals surface area contributed by atoms with Crippen molar-refractivity contribution >= 4 is 11.9 Å². The van der Waals surface area contributed by atoms with E-state index in [-0.39, 0.29) is 0 Å². The molecule has 0 fully saturated rings. The van der Waals surface area contributed by atoms with Gasteiger partial charge in [0.2, 0.25) is 5.91 Å². The number of nitrogens with one attached hydrogen (secondary N) is 1. The Bertz CT molecular complexity index is 753. The first kappa shape index (κ1) is 17.7. The molecule has 4 nitrogen and oxygen atoms in total. The largest absolute Gasteiger partial charge is 0.479 e. The standard InChI is InChI=1S/C19H20FNO3/c1-11-7-12(2)9-15(8-11)17(19(23)24)21-18(22)13(3)14-5-4-6-16(20)10-14/h4-10,13,17H,1-3H3,(H,21,22)(H,23,24). The van der Waals surface area contributed by atoms with Crippen molar-refractivity contribution in [1.82, 2.24) is 5.32 Å². The second-order valence-electron chi connectivity index (χ2n) is 5.98. The topological polar surface area (TPSA) is 66.4 Å². The van der Waals surface area contributed by atoms with Crippen molar-refractivity contribution in [3.8, 4) is 0 Å². The summed E-state index contributed by atoms with van der Waals surface area (Å²) in [6.07, 6.45) is 0. The lowest BCUT2D eigenvalue weighted by Gasteiger charge is -2.19. The molecule has 2 N–H and O–H groups in total. The van der Waals surface area contributed by atoms with Crippen LogP contribution in [0.2, 0.25) is 0 Å². The number of carboxylic acid groups (broad SMARTS) is 1. The molecule has 0 spiro atoms. The molecule has 2 unspecified atom stereocenters. The van der Waals surface area contributed by atoms with Gasteiger partial charge in [-0.3, -0.25) is 4.79 Å². The van der Waals surface area contributed by atoms with Crippen LogP contribution in [0.25, 0.3) is 0 Å². The highest BCUT2D eigenvalue weighted by Crippen LogP contribution is 2.21. The number of aliphatic carboxylic acids is 1. The molecule has 126 valence electrons. The summed E-state index contributed by atoms with van der Waals surface area (Å²) in [5, 5.41) is 12.0. The third-order valence-corrected chi connectivity index (χ3v) is 3.85. The maximum absolute atomic E-state index is 13.3. The number of amides is 1. The first-order chi connectivity index (χ1) is 11.3. The Morgan fingerprint density at radius 1 is 1.04 bits per heavy atom. The summed E-state index contributed by atoms with van der Waals surface area (Å²) < 4.78 is 13.3. The van der Waals surface area contributed by atoms with Crippen molar-refractivity contribution in [2.45, 2.75) is 32.7 Å². The van der Waals surface area contributed by atoms with Gasteiger partial charge in [0.05, 0.1) is 5.92 Å². The smallest absolute Gasteiger partial charge is 0.330 e. The molecule has 1 amide bonds. The highest BCUT2D eigenvalue weighted by molar-refractivity contribution is 5.88. The zero-order chi connectivity index (χ0) is 17.9. The molecule has 0 heterocycles. The molecular weight excluding hydrogens is 309 g/mol. The van der Waals surface area contributed by atoms with Crippen LogP contribution < -0.4 is 5.32 Å². The minimum absolute atomic E-state index is 0.434. The summed E-state index contributed by atoms with van der Waals surface area (Å²) in [5.41, 5.74) is 2.85. The molecule has 2 atom stereocenters. The molecule has 2 aromatic rings. The molecule has 0 saturated heterocycles. The SMILES string of the molecule is Cc1cc(C)cc(C(NC(=O)C(C)c2cccc(F)c2)C(=O)O)c1. The third kappa shape index (κ3) is 4.19. The van der Waals surface area contributed by atoms with Gasteiger partial charge in [-0.05, 0) is 44.0 Å². The van der Waals surface area contributed by atoms with Gasteiger partial charge >= 0.3 is 5.97 Å². The molecule has 0 aliphatic heterocycles. The fourth-order valence-corrected chi connectivity index (χ4v) is 2.66. The Morgan fingerprint density at radius 3 is 2.21 bits per heavy atom. The van der Waals surface area contributed by atoms with Crippen LogP contribution in [-0.4, -0.2) is 17.0 Å². The molecule has 0 aliphatic carbocycles. The summed E-state index contributed by atoms with van der Waals surface area (Å²) in [6.45, 7) is 5.35. The minimum atomic E-state index is -1.15. The highest BCUT2D eigenvalue weighted by atomic mass is 19.1. The molecule has 0 aromatic heterocycles. The number of carboxylic acids is 1. The molecule has 2 rings (SSSR count). The summed E-state index contributed by atoms with van der Waals surface area (Å²) in [7, 11) is 0. The summed E-state index contributed by atoms with van der Waals surface area (Å²) in [4.78, 5) is 24.0. The lowest BCUT2D eigenvalue weighted by molar-refractivity contribution is -0.142. The summed E-state index contributed by atoms with van der Waals surface area (Å²) in [5.74, 6) is -2.70. The Morgan fingerprint density at radius 2 is 1.67 bits per heavy atom. The maximum atomic E-state index is 13.3. The number of halogens is 1. The quantitative estimate of drug-likeness (QED) is 0.882. The predicted molar refractivity (Wildman–Crippen MR) is 89.3 cm³/mol. The molecule has 0 radical (unpaired) electrons. The molecule has 0 saturated carbocycles. The number of hydrogen-bond donors (Lipinski definition) is 2. The molecule has 0 aliphatic rings. The first-order valence-corrected chi connectivity index (χ1v) is 7.64. The Balaban J connectivity index is 2.24. The van der Waals surface area contributed by atoms with Crippen LogP contribution in [0, 0.1) is 19.7 Å². The number of benzene rings is 2. The van der Waals surface area contributed by atoms with Crippen molar-refractivity contribution in [3.05, 3.63) is 70.5 Å². The lowest BCUT2D eigenvalue weighted by Crippen LogP contribution is -2.36. The number of rotatable bonds is 5. The minimum Gasteiger partial charge on any atom is -0.479 e. The fourth-order valence-electron chi connectivity index (χ4n) is 2.66. The van der Waals surface area contributed by atoms with Crippen molar-refractivity contribution in [1.29, 1.82) is 0 Å². The van der Waals surface area contributed by atoms with Gasteiger partial charge < -0.3 is 10.4 Å². The van der Waals surface area contributed by atoms with Crippen LogP contribution in [0.5, 0.6) is 0 Å². The normalized spacial score (nSPS) is 13.2. The third-order valence-electron chi connectivity index (χ3n) is 3.85. The van der Waals surface area contributed by atoms with Gasteiger partial charge in [0.1, 0.15) is 5.82 Å². The van der Waals surface area contributed by atoms with Crippen LogP contribution in [0.4, 0.5) is 4.39 Å². The number of aryl methyl sites for hydroxylation is 2. The monoisotopic (exact) mass is 329 g/mol. The van der Waals surface area contributed by atoms with Gasteiger partial charge in [0, 0.05) is 0 Å². The van der Waals surface area contributed by atoms with E-state index < -0.39 is 29.7 Å². The Hall–Kier alpha value is -2.69. The summed E-state index contributed by atoms with van der Waals surface area (Å²) >= 11 is 0. The second kappa shape index (κ2) is 7.25. The number of carbonyl (C=O) groups excluding carboxylic acids is 1. The van der Waals surface area contributed by atoms with Gasteiger partial charge in [-0.2, -0.15) is 0 Å². The molecular formula is C19H20FNO3. The zero-order valence-electron chi connectivity index (χ0n) is 13.8. The van der Waals surface area contributed by atoms with E-state index in [2.05, 4.69) is 5.32 Å².